The number of nitrogens with zero attached hydrogens (tertiary/aromatic N) is 1. The Morgan fingerprint density at radius 2 is 2.15 bits per heavy atom. The smallest absolute Gasteiger partial charge is 0.227 e. The predicted octanol–water partition coefficient (Wildman–Crippen LogP) is 4.77. The van der Waals surface area contributed by atoms with Crippen molar-refractivity contribution in [3.05, 3.63) is 72.7 Å². The van der Waals surface area contributed by atoms with Crippen molar-refractivity contribution in [1.29, 1.82) is 0 Å². The van der Waals surface area contributed by atoms with E-state index in [9.17, 15) is 4.79 Å². The number of nitrogens with two attached hydrogens (primary N) is 1. The van der Waals surface area contributed by atoms with E-state index in [1.165, 1.54) is 19.3 Å². The first-order valence-electron chi connectivity index (χ1n) is 9.78. The normalized spacial score (nSPS) is 27.6. The van der Waals surface area contributed by atoms with Crippen LogP contribution >= 0.6 is 0 Å². The highest BCUT2D eigenvalue weighted by molar-refractivity contribution is 5.79. The van der Waals surface area contributed by atoms with Crippen molar-refractivity contribution >= 4 is 5.91 Å². The minimum atomic E-state index is 0.213. The lowest BCUT2D eigenvalue weighted by Crippen LogP contribution is -2.42. The van der Waals surface area contributed by atoms with Gasteiger partial charge in [-0.15, -0.1) is 0 Å². The summed E-state index contributed by atoms with van der Waals surface area (Å²) in [6.07, 6.45) is 24.7. The van der Waals surface area contributed by atoms with Crippen LogP contribution in [0.2, 0.25) is 0 Å². The number of carbonyl (C=O) groups is 1. The zero-order chi connectivity index (χ0) is 18.4. The Morgan fingerprint density at radius 1 is 1.27 bits per heavy atom. The number of carbonyl (C=O) groups excluding carboxylic acids is 1. The molecule has 3 aliphatic carbocycles. The molecule has 3 heteroatoms. The molecule has 3 rings (SSSR count). The molecule has 2 N–H and O–H groups in total. The van der Waals surface area contributed by atoms with Gasteiger partial charge < -0.3 is 10.6 Å². The topological polar surface area (TPSA) is 46.3 Å². The van der Waals surface area contributed by atoms with Gasteiger partial charge >= 0.3 is 0 Å². The van der Waals surface area contributed by atoms with E-state index in [1.807, 2.05) is 42.5 Å². The third kappa shape index (κ3) is 4.46. The average molecular weight is 351 g/mol. The molecule has 0 spiro atoms. The lowest BCUT2D eigenvalue weighted by molar-refractivity contribution is -0.131. The van der Waals surface area contributed by atoms with Crippen molar-refractivity contribution in [2.45, 2.75) is 51.0 Å². The van der Waals surface area contributed by atoms with Crippen LogP contribution in [0.4, 0.5) is 0 Å². The molecule has 3 unspecified atom stereocenters. The van der Waals surface area contributed by atoms with E-state index in [-0.39, 0.29) is 5.91 Å². The summed E-state index contributed by atoms with van der Waals surface area (Å²) in [6.45, 7) is 3.65. The second kappa shape index (κ2) is 8.88. The van der Waals surface area contributed by atoms with Crippen molar-refractivity contribution in [3.63, 3.8) is 0 Å². The molecule has 3 atom stereocenters. The second-order valence-corrected chi connectivity index (χ2v) is 7.54. The molecular formula is C23H30N2O. The summed E-state index contributed by atoms with van der Waals surface area (Å²) < 4.78 is 0. The zero-order valence-electron chi connectivity index (χ0n) is 15.5. The first kappa shape index (κ1) is 18.5. The van der Waals surface area contributed by atoms with E-state index in [0.29, 0.717) is 18.4 Å². The van der Waals surface area contributed by atoms with Gasteiger partial charge in [-0.2, -0.15) is 0 Å². The maximum absolute atomic E-state index is 13.1. The molecular weight excluding hydrogens is 320 g/mol. The molecule has 3 nitrogen and oxygen atoms in total. The molecule has 3 aliphatic rings. The minimum absolute atomic E-state index is 0.213. The standard InChI is InChI=1S/C23H30N2O/c1-2-3-4-5-6-7-12-23(26)25(21-11-9-8-10-20(24)17-21)22-16-18-13-14-19(22)15-18/h2-6,8-9,11,17-19,22H,1,7,10,12-16,24H2/b4-3-,6-5+. The fourth-order valence-electron chi connectivity index (χ4n) is 4.51. The summed E-state index contributed by atoms with van der Waals surface area (Å²) in [6, 6.07) is 0.340. The van der Waals surface area contributed by atoms with Gasteiger partial charge in [0.05, 0.1) is 0 Å². The van der Waals surface area contributed by atoms with E-state index < -0.39 is 0 Å². The zero-order valence-corrected chi connectivity index (χ0v) is 15.5. The number of amides is 1. The summed E-state index contributed by atoms with van der Waals surface area (Å²) in [7, 11) is 0. The SMILES string of the molecule is C=C/C=C\C=C\CCC(=O)N(C1=CC=CCC(N)=C1)C1CC2CCC1C2. The van der Waals surface area contributed by atoms with Crippen LogP contribution in [-0.2, 0) is 4.79 Å². The molecule has 0 aromatic heterocycles. The van der Waals surface area contributed by atoms with Crippen LogP contribution in [0, 0.1) is 11.8 Å². The molecule has 138 valence electrons. The molecule has 1 amide bonds. The van der Waals surface area contributed by atoms with E-state index >= 15 is 0 Å². The van der Waals surface area contributed by atoms with E-state index in [4.69, 9.17) is 5.73 Å². The third-order valence-electron chi connectivity index (χ3n) is 5.69. The van der Waals surface area contributed by atoms with Gasteiger partial charge in [0, 0.05) is 30.3 Å². The molecule has 2 bridgehead atoms. The van der Waals surface area contributed by atoms with Gasteiger partial charge in [0.2, 0.25) is 5.91 Å². The van der Waals surface area contributed by atoms with Crippen LogP contribution in [0.3, 0.4) is 0 Å². The molecule has 0 heterocycles. The van der Waals surface area contributed by atoms with Crippen molar-refractivity contribution in [2.75, 3.05) is 0 Å². The fraction of sp³-hybridized carbons (Fsp3) is 0.435. The van der Waals surface area contributed by atoms with Gasteiger partial charge in [-0.1, -0.05) is 55.5 Å². The maximum Gasteiger partial charge on any atom is 0.227 e. The first-order valence-corrected chi connectivity index (χ1v) is 9.78. The highest BCUT2D eigenvalue weighted by atomic mass is 16.2. The Hall–Kier alpha value is -2.29. The van der Waals surface area contributed by atoms with Gasteiger partial charge in [0.15, 0.2) is 0 Å². The predicted molar refractivity (Wildman–Crippen MR) is 108 cm³/mol. The number of fused-ring (bicyclic) bond motifs is 2. The van der Waals surface area contributed by atoms with Crippen molar-refractivity contribution in [3.8, 4) is 0 Å². The summed E-state index contributed by atoms with van der Waals surface area (Å²) >= 11 is 0. The summed E-state index contributed by atoms with van der Waals surface area (Å²) in [4.78, 5) is 15.2. The Labute approximate surface area is 157 Å². The number of hydrogen-bond acceptors (Lipinski definition) is 2. The van der Waals surface area contributed by atoms with Gasteiger partial charge in [-0.25, -0.2) is 0 Å². The van der Waals surface area contributed by atoms with Crippen molar-refractivity contribution in [1.82, 2.24) is 4.90 Å². The van der Waals surface area contributed by atoms with Gasteiger partial charge in [-0.05, 0) is 49.7 Å². The maximum atomic E-state index is 13.1. The fourth-order valence-corrected chi connectivity index (χ4v) is 4.51. The Balaban J connectivity index is 1.74. The quantitative estimate of drug-likeness (QED) is 0.672. The van der Waals surface area contributed by atoms with Gasteiger partial charge in [0.1, 0.15) is 0 Å². The molecule has 0 aromatic rings. The van der Waals surface area contributed by atoms with Crippen LogP contribution in [-0.4, -0.2) is 16.8 Å². The third-order valence-corrected chi connectivity index (χ3v) is 5.69. The summed E-state index contributed by atoms with van der Waals surface area (Å²) in [5, 5.41) is 0. The average Bonchev–Trinajstić information content (AvgIpc) is 3.18. The minimum Gasteiger partial charge on any atom is -0.402 e. The molecule has 0 aromatic carbocycles. The summed E-state index contributed by atoms with van der Waals surface area (Å²) in [5.41, 5.74) is 7.90. The molecule has 0 saturated heterocycles. The highest BCUT2D eigenvalue weighted by Crippen LogP contribution is 2.47. The van der Waals surface area contributed by atoms with Crippen LogP contribution in [0.15, 0.2) is 72.7 Å². The van der Waals surface area contributed by atoms with Crippen LogP contribution in [0.1, 0.15) is 44.9 Å². The summed E-state index contributed by atoms with van der Waals surface area (Å²) in [5.74, 6) is 1.66. The van der Waals surface area contributed by atoms with Crippen LogP contribution in [0.5, 0.6) is 0 Å². The Bertz CT molecular complexity index is 680. The molecule has 26 heavy (non-hydrogen) atoms. The van der Waals surface area contributed by atoms with E-state index in [0.717, 1.165) is 36.6 Å². The number of hydrogen-bond donors (Lipinski definition) is 1. The Kier molecular flexibility index (Phi) is 6.32. The second-order valence-electron chi connectivity index (χ2n) is 7.54. The molecule has 2 fully saturated rings. The van der Waals surface area contributed by atoms with E-state index in [2.05, 4.69) is 17.6 Å². The van der Waals surface area contributed by atoms with Gasteiger partial charge in [0.25, 0.3) is 0 Å². The van der Waals surface area contributed by atoms with Crippen molar-refractivity contribution < 1.29 is 4.79 Å². The van der Waals surface area contributed by atoms with Crippen LogP contribution < -0.4 is 5.73 Å². The van der Waals surface area contributed by atoms with Gasteiger partial charge in [-0.3, -0.25) is 4.79 Å². The lowest BCUT2D eigenvalue weighted by atomic mass is 9.93. The van der Waals surface area contributed by atoms with Crippen molar-refractivity contribution in [2.24, 2.45) is 17.6 Å². The number of allylic oxidation sites excluding steroid dienone is 9. The Morgan fingerprint density at radius 3 is 2.88 bits per heavy atom. The largest absolute Gasteiger partial charge is 0.402 e. The number of rotatable bonds is 7. The lowest BCUT2D eigenvalue weighted by Gasteiger charge is -2.35. The van der Waals surface area contributed by atoms with Crippen LogP contribution in [0.25, 0.3) is 0 Å². The molecule has 0 radical (unpaired) electrons. The first-order chi connectivity index (χ1) is 12.7. The molecule has 2 saturated carbocycles. The molecule has 0 aliphatic heterocycles. The highest BCUT2D eigenvalue weighted by Gasteiger charge is 2.44. The monoisotopic (exact) mass is 350 g/mol. The van der Waals surface area contributed by atoms with E-state index in [1.54, 1.807) is 6.08 Å².